The van der Waals surface area contributed by atoms with Gasteiger partial charge < -0.3 is 4.74 Å². The Kier molecular flexibility index (Phi) is 6.03. The maximum atomic E-state index is 13.4. The van der Waals surface area contributed by atoms with Gasteiger partial charge in [0.2, 0.25) is 20.0 Å². The molecule has 0 aliphatic carbocycles. The first-order chi connectivity index (χ1) is 13.7. The van der Waals surface area contributed by atoms with Crippen molar-refractivity contribution in [2.75, 3.05) is 33.3 Å². The van der Waals surface area contributed by atoms with Gasteiger partial charge in [-0.05, 0) is 30.3 Å². The van der Waals surface area contributed by atoms with Crippen LogP contribution >= 0.6 is 0 Å². The smallest absolute Gasteiger partial charge is 0.339 e. The van der Waals surface area contributed by atoms with E-state index in [4.69, 9.17) is 0 Å². The summed E-state index contributed by atoms with van der Waals surface area (Å²) in [6.45, 7) is -0.407. The SMILES string of the molecule is COC(=O)c1ccccc1S(=O)(=O)N1CCN(S(=O)(=O)c2cccc(F)c2)CC1. The summed E-state index contributed by atoms with van der Waals surface area (Å²) in [6, 6.07) is 10.3. The number of nitrogens with zero attached hydrogens (tertiary/aromatic N) is 2. The van der Waals surface area contributed by atoms with Crippen molar-refractivity contribution in [2.45, 2.75) is 9.79 Å². The summed E-state index contributed by atoms with van der Waals surface area (Å²) in [5, 5.41) is 0. The van der Waals surface area contributed by atoms with Crippen LogP contribution in [-0.4, -0.2) is 64.7 Å². The number of rotatable bonds is 5. The quantitative estimate of drug-likeness (QED) is 0.647. The molecule has 11 heteroatoms. The molecule has 2 aromatic carbocycles. The van der Waals surface area contributed by atoms with Gasteiger partial charge in [0.15, 0.2) is 0 Å². The van der Waals surface area contributed by atoms with Gasteiger partial charge in [-0.3, -0.25) is 0 Å². The van der Waals surface area contributed by atoms with E-state index in [-0.39, 0.29) is 41.5 Å². The lowest BCUT2D eigenvalue weighted by Crippen LogP contribution is -2.50. The highest BCUT2D eigenvalue weighted by Crippen LogP contribution is 2.24. The first kappa shape index (κ1) is 21.4. The number of hydrogen-bond donors (Lipinski definition) is 0. The molecule has 0 radical (unpaired) electrons. The lowest BCUT2D eigenvalue weighted by atomic mass is 10.2. The monoisotopic (exact) mass is 442 g/mol. The first-order valence-corrected chi connectivity index (χ1v) is 11.5. The Morgan fingerprint density at radius 1 is 0.897 bits per heavy atom. The van der Waals surface area contributed by atoms with Gasteiger partial charge in [0.25, 0.3) is 0 Å². The fourth-order valence-electron chi connectivity index (χ4n) is 3.04. The van der Waals surface area contributed by atoms with E-state index < -0.39 is 31.8 Å². The average molecular weight is 442 g/mol. The Hall–Kier alpha value is -2.34. The highest BCUT2D eigenvalue weighted by atomic mass is 32.2. The van der Waals surface area contributed by atoms with E-state index in [0.717, 1.165) is 27.9 Å². The minimum atomic E-state index is -4.04. The van der Waals surface area contributed by atoms with Crippen molar-refractivity contribution in [1.82, 2.24) is 8.61 Å². The summed E-state index contributed by atoms with van der Waals surface area (Å²) in [4.78, 5) is 11.5. The molecule has 3 rings (SSSR count). The fourth-order valence-corrected chi connectivity index (χ4v) is 6.09. The number of carbonyl (C=O) groups is 1. The lowest BCUT2D eigenvalue weighted by molar-refractivity contribution is 0.0596. The van der Waals surface area contributed by atoms with Crippen molar-refractivity contribution in [3.63, 3.8) is 0 Å². The molecule has 0 N–H and O–H groups in total. The molecule has 8 nitrogen and oxygen atoms in total. The van der Waals surface area contributed by atoms with Crippen LogP contribution in [0.15, 0.2) is 58.3 Å². The number of esters is 1. The van der Waals surface area contributed by atoms with Gasteiger partial charge in [-0.25, -0.2) is 26.0 Å². The van der Waals surface area contributed by atoms with Crippen LogP contribution in [0.2, 0.25) is 0 Å². The zero-order valence-electron chi connectivity index (χ0n) is 15.5. The lowest BCUT2D eigenvalue weighted by Gasteiger charge is -2.33. The molecule has 0 saturated carbocycles. The third-order valence-electron chi connectivity index (χ3n) is 4.54. The van der Waals surface area contributed by atoms with Crippen LogP contribution in [0.1, 0.15) is 10.4 Å². The van der Waals surface area contributed by atoms with E-state index in [1.165, 1.54) is 36.4 Å². The van der Waals surface area contributed by atoms with Gasteiger partial charge in [0.05, 0.1) is 22.5 Å². The molecule has 1 fully saturated rings. The molecule has 156 valence electrons. The number of benzene rings is 2. The van der Waals surface area contributed by atoms with Crippen molar-refractivity contribution >= 4 is 26.0 Å². The van der Waals surface area contributed by atoms with Crippen molar-refractivity contribution < 1.29 is 30.8 Å². The minimum Gasteiger partial charge on any atom is -0.465 e. The van der Waals surface area contributed by atoms with E-state index in [1.807, 2.05) is 0 Å². The van der Waals surface area contributed by atoms with Crippen LogP contribution in [-0.2, 0) is 24.8 Å². The highest BCUT2D eigenvalue weighted by molar-refractivity contribution is 7.89. The van der Waals surface area contributed by atoms with E-state index in [0.29, 0.717) is 0 Å². The van der Waals surface area contributed by atoms with Crippen LogP contribution in [0, 0.1) is 5.82 Å². The molecule has 29 heavy (non-hydrogen) atoms. The standard InChI is InChI=1S/C18H19FN2O6S2/c1-27-18(22)16-7-2-3-8-17(16)29(25,26)21-11-9-20(10-12-21)28(23,24)15-6-4-5-14(19)13-15/h2-8,13H,9-12H2,1H3. The molecular formula is C18H19FN2O6S2. The molecule has 1 heterocycles. The number of piperazine rings is 1. The highest BCUT2D eigenvalue weighted by Gasteiger charge is 2.35. The molecule has 2 aromatic rings. The third kappa shape index (κ3) is 4.17. The maximum absolute atomic E-state index is 13.4. The second-order valence-electron chi connectivity index (χ2n) is 6.25. The molecular weight excluding hydrogens is 423 g/mol. The number of halogens is 1. The fraction of sp³-hybridized carbons (Fsp3) is 0.278. The van der Waals surface area contributed by atoms with E-state index in [9.17, 15) is 26.0 Å². The topological polar surface area (TPSA) is 101 Å². The van der Waals surface area contributed by atoms with Crippen LogP contribution in [0.3, 0.4) is 0 Å². The van der Waals surface area contributed by atoms with Crippen molar-refractivity contribution in [2.24, 2.45) is 0 Å². The predicted octanol–water partition coefficient (Wildman–Crippen LogP) is 1.31. The Morgan fingerprint density at radius 3 is 2.07 bits per heavy atom. The first-order valence-electron chi connectivity index (χ1n) is 8.61. The van der Waals surface area contributed by atoms with E-state index >= 15 is 0 Å². The van der Waals surface area contributed by atoms with Crippen molar-refractivity contribution in [3.05, 3.63) is 59.9 Å². The van der Waals surface area contributed by atoms with Crippen LogP contribution < -0.4 is 0 Å². The molecule has 0 spiro atoms. The number of hydrogen-bond acceptors (Lipinski definition) is 6. The minimum absolute atomic E-state index is 0.0928. The van der Waals surface area contributed by atoms with Crippen molar-refractivity contribution in [3.8, 4) is 0 Å². The van der Waals surface area contributed by atoms with Gasteiger partial charge in [-0.2, -0.15) is 8.61 Å². The second kappa shape index (κ2) is 8.19. The zero-order valence-corrected chi connectivity index (χ0v) is 17.1. The average Bonchev–Trinajstić information content (AvgIpc) is 2.73. The molecule has 1 aliphatic rings. The summed E-state index contributed by atoms with van der Waals surface area (Å²) in [7, 11) is -6.83. The predicted molar refractivity (Wildman–Crippen MR) is 102 cm³/mol. The normalized spacial score (nSPS) is 16.5. The Labute approximate surface area is 168 Å². The largest absolute Gasteiger partial charge is 0.465 e. The number of methoxy groups -OCH3 is 1. The van der Waals surface area contributed by atoms with Crippen LogP contribution in [0.4, 0.5) is 4.39 Å². The van der Waals surface area contributed by atoms with Crippen LogP contribution in [0.5, 0.6) is 0 Å². The Bertz CT molecular complexity index is 1130. The number of carbonyl (C=O) groups excluding carboxylic acids is 1. The van der Waals surface area contributed by atoms with Gasteiger partial charge in [0, 0.05) is 26.2 Å². The number of sulfonamides is 2. The summed E-state index contributed by atoms with van der Waals surface area (Å²) in [5.74, 6) is -1.46. The molecule has 0 aromatic heterocycles. The van der Waals surface area contributed by atoms with Gasteiger partial charge in [-0.15, -0.1) is 0 Å². The summed E-state index contributed by atoms with van der Waals surface area (Å²) < 4.78 is 71.6. The molecule has 1 aliphatic heterocycles. The number of ether oxygens (including phenoxy) is 1. The summed E-state index contributed by atoms with van der Waals surface area (Å²) in [5.41, 5.74) is -0.0928. The third-order valence-corrected chi connectivity index (χ3v) is 8.39. The maximum Gasteiger partial charge on any atom is 0.339 e. The Morgan fingerprint density at radius 2 is 1.48 bits per heavy atom. The van der Waals surface area contributed by atoms with E-state index in [2.05, 4.69) is 4.74 Å². The van der Waals surface area contributed by atoms with E-state index in [1.54, 1.807) is 0 Å². The van der Waals surface area contributed by atoms with Crippen LogP contribution in [0.25, 0.3) is 0 Å². The van der Waals surface area contributed by atoms with Gasteiger partial charge >= 0.3 is 5.97 Å². The van der Waals surface area contributed by atoms with Gasteiger partial charge in [-0.1, -0.05) is 18.2 Å². The molecule has 0 unspecified atom stereocenters. The zero-order chi connectivity index (χ0) is 21.2. The summed E-state index contributed by atoms with van der Waals surface area (Å²) in [6.07, 6.45) is 0. The molecule has 0 amide bonds. The molecule has 0 bridgehead atoms. The summed E-state index contributed by atoms with van der Waals surface area (Å²) >= 11 is 0. The van der Waals surface area contributed by atoms with Crippen molar-refractivity contribution in [1.29, 1.82) is 0 Å². The van der Waals surface area contributed by atoms with Gasteiger partial charge in [0.1, 0.15) is 5.82 Å². The Balaban J connectivity index is 1.81. The molecule has 1 saturated heterocycles. The second-order valence-corrected chi connectivity index (χ2v) is 10.1. The molecule has 0 atom stereocenters.